The summed E-state index contributed by atoms with van der Waals surface area (Å²) in [5, 5.41) is 13.1. The van der Waals surface area contributed by atoms with Gasteiger partial charge in [0, 0.05) is 50.3 Å². The van der Waals surface area contributed by atoms with Gasteiger partial charge in [0.05, 0.1) is 25.4 Å². The molecule has 7 heteroatoms. The third kappa shape index (κ3) is 7.15. The number of amides is 1. The van der Waals surface area contributed by atoms with Crippen LogP contribution < -0.4 is 10.1 Å². The summed E-state index contributed by atoms with van der Waals surface area (Å²) in [6.07, 6.45) is 2.41. The zero-order valence-corrected chi connectivity index (χ0v) is 23.7. The van der Waals surface area contributed by atoms with Gasteiger partial charge in [-0.15, -0.1) is 0 Å². The van der Waals surface area contributed by atoms with E-state index < -0.39 is 5.60 Å². The summed E-state index contributed by atoms with van der Waals surface area (Å²) in [4.78, 5) is 15.5. The molecule has 2 aromatic rings. The normalized spacial score (nSPS) is 15.1. The Kier molecular flexibility index (Phi) is 10.2. The molecule has 3 rings (SSSR count). The molecule has 1 aliphatic rings. The number of ether oxygens (including phenoxy) is 2. The second-order valence-corrected chi connectivity index (χ2v) is 10.7. The molecule has 1 fully saturated rings. The number of benzene rings is 1. The van der Waals surface area contributed by atoms with Crippen LogP contribution in [0.25, 0.3) is 0 Å². The molecule has 0 atom stereocenters. The maximum Gasteiger partial charge on any atom is 0.267 e. The summed E-state index contributed by atoms with van der Waals surface area (Å²) in [7, 11) is 0. The first-order chi connectivity index (χ1) is 17.6. The van der Waals surface area contributed by atoms with Gasteiger partial charge < -0.3 is 24.5 Å². The fourth-order valence-electron chi connectivity index (χ4n) is 5.36. The van der Waals surface area contributed by atoms with Crippen LogP contribution in [0.5, 0.6) is 5.75 Å². The fourth-order valence-corrected chi connectivity index (χ4v) is 5.36. The molecular formula is C30H47N3O4. The van der Waals surface area contributed by atoms with Crippen molar-refractivity contribution in [2.24, 2.45) is 0 Å². The molecule has 0 aliphatic carbocycles. The average molecular weight is 514 g/mol. The van der Waals surface area contributed by atoms with Crippen LogP contribution in [0.4, 0.5) is 0 Å². The average Bonchev–Trinajstić information content (AvgIpc) is 3.31. The van der Waals surface area contributed by atoms with Gasteiger partial charge in [0.2, 0.25) is 0 Å². The number of aromatic nitrogens is 1. The molecule has 206 valence electrons. The first-order valence-corrected chi connectivity index (χ1v) is 13.9. The van der Waals surface area contributed by atoms with Gasteiger partial charge in [-0.3, -0.25) is 9.69 Å². The molecule has 1 aliphatic heterocycles. The van der Waals surface area contributed by atoms with E-state index in [2.05, 4.69) is 60.7 Å². The molecule has 2 N–H and O–H groups in total. The molecule has 1 aromatic heterocycles. The van der Waals surface area contributed by atoms with Gasteiger partial charge in [0.15, 0.2) is 0 Å². The molecule has 0 spiro atoms. The minimum absolute atomic E-state index is 0.0193. The van der Waals surface area contributed by atoms with E-state index in [1.807, 2.05) is 12.1 Å². The second-order valence-electron chi connectivity index (χ2n) is 10.7. The van der Waals surface area contributed by atoms with Crippen LogP contribution in [0.3, 0.4) is 0 Å². The summed E-state index contributed by atoms with van der Waals surface area (Å²) >= 11 is 0. The highest BCUT2D eigenvalue weighted by atomic mass is 16.5. The number of hydrogen-bond donors (Lipinski definition) is 2. The molecule has 0 saturated carbocycles. The first-order valence-electron chi connectivity index (χ1n) is 13.9. The Balaban J connectivity index is 1.80. The summed E-state index contributed by atoms with van der Waals surface area (Å²) in [5.41, 5.74) is 3.25. The summed E-state index contributed by atoms with van der Waals surface area (Å²) in [6, 6.07) is 10.5. The van der Waals surface area contributed by atoms with Crippen LogP contribution in [-0.2, 0) is 16.7 Å². The van der Waals surface area contributed by atoms with Gasteiger partial charge in [-0.2, -0.15) is 0 Å². The van der Waals surface area contributed by atoms with E-state index in [9.17, 15) is 9.90 Å². The SMILES string of the molecule is CCn1c(C(=O)NCCN2CCOCC2)ccc1C(CC)(CC)c1ccc(OCCC(C)(C)O)c(C)c1. The number of aliphatic hydroxyl groups is 1. The van der Waals surface area contributed by atoms with Crippen molar-refractivity contribution in [2.45, 2.75) is 78.4 Å². The maximum atomic E-state index is 13.2. The number of morpholine rings is 1. The Morgan fingerprint density at radius 1 is 1.11 bits per heavy atom. The lowest BCUT2D eigenvalue weighted by molar-refractivity contribution is 0.0383. The zero-order chi connectivity index (χ0) is 27.1. The van der Waals surface area contributed by atoms with Crippen LogP contribution in [-0.4, -0.2) is 72.1 Å². The molecule has 0 unspecified atom stereocenters. The minimum Gasteiger partial charge on any atom is -0.493 e. The zero-order valence-electron chi connectivity index (χ0n) is 23.7. The molecule has 1 saturated heterocycles. The van der Waals surface area contributed by atoms with Crippen molar-refractivity contribution in [2.75, 3.05) is 46.0 Å². The number of carbonyl (C=O) groups excluding carboxylic acids is 1. The van der Waals surface area contributed by atoms with Gasteiger partial charge in [0.1, 0.15) is 11.4 Å². The van der Waals surface area contributed by atoms with E-state index in [0.29, 0.717) is 25.3 Å². The number of rotatable bonds is 13. The topological polar surface area (TPSA) is 76.0 Å². The molecule has 2 heterocycles. The molecule has 7 nitrogen and oxygen atoms in total. The second kappa shape index (κ2) is 12.9. The van der Waals surface area contributed by atoms with Gasteiger partial charge in [-0.1, -0.05) is 26.0 Å². The van der Waals surface area contributed by atoms with Crippen molar-refractivity contribution in [3.63, 3.8) is 0 Å². The molecule has 1 aromatic carbocycles. The van der Waals surface area contributed by atoms with Crippen molar-refractivity contribution in [1.82, 2.24) is 14.8 Å². The number of nitrogens with one attached hydrogen (secondary N) is 1. The van der Waals surface area contributed by atoms with Crippen LogP contribution in [0.1, 0.15) is 81.2 Å². The third-order valence-corrected chi connectivity index (χ3v) is 7.74. The first kappa shape index (κ1) is 29.2. The van der Waals surface area contributed by atoms with E-state index in [1.54, 1.807) is 13.8 Å². The fraction of sp³-hybridized carbons (Fsp3) is 0.633. The van der Waals surface area contributed by atoms with Crippen LogP contribution >= 0.6 is 0 Å². The Labute approximate surface area is 223 Å². The number of nitrogens with zero attached hydrogens (tertiary/aromatic N) is 2. The van der Waals surface area contributed by atoms with Gasteiger partial charge in [-0.05, 0) is 69.9 Å². The third-order valence-electron chi connectivity index (χ3n) is 7.74. The van der Waals surface area contributed by atoms with E-state index in [1.165, 1.54) is 11.3 Å². The molecule has 0 bridgehead atoms. The lowest BCUT2D eigenvalue weighted by Gasteiger charge is -2.34. The van der Waals surface area contributed by atoms with Crippen molar-refractivity contribution in [3.8, 4) is 5.75 Å². The Morgan fingerprint density at radius 3 is 2.41 bits per heavy atom. The Hall–Kier alpha value is -2.35. The van der Waals surface area contributed by atoms with Crippen molar-refractivity contribution in [3.05, 3.63) is 52.8 Å². The highest BCUT2D eigenvalue weighted by Gasteiger charge is 2.35. The number of aryl methyl sites for hydroxylation is 1. The lowest BCUT2D eigenvalue weighted by atomic mass is 9.72. The quantitative estimate of drug-likeness (QED) is 0.412. The minimum atomic E-state index is -0.745. The highest BCUT2D eigenvalue weighted by Crippen LogP contribution is 2.41. The van der Waals surface area contributed by atoms with Crippen molar-refractivity contribution >= 4 is 5.91 Å². The van der Waals surface area contributed by atoms with E-state index in [-0.39, 0.29) is 11.3 Å². The van der Waals surface area contributed by atoms with E-state index >= 15 is 0 Å². The Bertz CT molecular complexity index is 1010. The molecular weight excluding hydrogens is 466 g/mol. The monoisotopic (exact) mass is 513 g/mol. The van der Waals surface area contributed by atoms with Gasteiger partial charge in [-0.25, -0.2) is 0 Å². The number of carbonyl (C=O) groups is 1. The highest BCUT2D eigenvalue weighted by molar-refractivity contribution is 5.93. The molecule has 1 amide bonds. The smallest absolute Gasteiger partial charge is 0.267 e. The van der Waals surface area contributed by atoms with Crippen LogP contribution in [0.15, 0.2) is 30.3 Å². The van der Waals surface area contributed by atoms with E-state index in [4.69, 9.17) is 9.47 Å². The van der Waals surface area contributed by atoms with Crippen LogP contribution in [0, 0.1) is 6.92 Å². The Morgan fingerprint density at radius 2 is 1.81 bits per heavy atom. The predicted molar refractivity (Wildman–Crippen MR) is 149 cm³/mol. The summed E-state index contributed by atoms with van der Waals surface area (Å²) in [6.45, 7) is 18.3. The predicted octanol–water partition coefficient (Wildman–Crippen LogP) is 4.52. The summed E-state index contributed by atoms with van der Waals surface area (Å²) < 4.78 is 13.6. The summed E-state index contributed by atoms with van der Waals surface area (Å²) in [5.74, 6) is 0.828. The molecule has 0 radical (unpaired) electrons. The van der Waals surface area contributed by atoms with E-state index in [0.717, 1.165) is 63.5 Å². The lowest BCUT2D eigenvalue weighted by Crippen LogP contribution is -2.41. The molecule has 37 heavy (non-hydrogen) atoms. The number of hydrogen-bond acceptors (Lipinski definition) is 5. The standard InChI is InChI=1S/C30H47N3O4/c1-7-30(8-2,24-10-12-26(23(4)22-24)37-19-14-29(5,6)35)27-13-11-25(33(27)9-3)28(34)31-15-16-32-17-20-36-21-18-32/h10-13,22,35H,7-9,14-21H2,1-6H3,(H,31,34). The largest absolute Gasteiger partial charge is 0.493 e. The van der Waals surface area contributed by atoms with Gasteiger partial charge >= 0.3 is 0 Å². The van der Waals surface area contributed by atoms with Crippen molar-refractivity contribution < 1.29 is 19.4 Å². The van der Waals surface area contributed by atoms with Crippen LogP contribution in [0.2, 0.25) is 0 Å². The van der Waals surface area contributed by atoms with Gasteiger partial charge in [0.25, 0.3) is 5.91 Å². The maximum absolute atomic E-state index is 13.2. The van der Waals surface area contributed by atoms with Crippen molar-refractivity contribution in [1.29, 1.82) is 0 Å².